The van der Waals surface area contributed by atoms with Gasteiger partial charge in [-0.1, -0.05) is 30.3 Å². The number of hydrogen-bond donors (Lipinski definition) is 0. The molecule has 0 spiro atoms. The number of carbonyl (C=O) groups excluding carboxylic acids is 1. The highest BCUT2D eigenvalue weighted by molar-refractivity contribution is 5.93. The van der Waals surface area contributed by atoms with E-state index in [4.69, 9.17) is 9.47 Å². The van der Waals surface area contributed by atoms with E-state index in [0.29, 0.717) is 11.1 Å². The highest BCUT2D eigenvalue weighted by Crippen LogP contribution is 2.20. The maximum absolute atomic E-state index is 14.2. The van der Waals surface area contributed by atoms with Crippen LogP contribution < -0.4 is 16.0 Å². The molecule has 0 unspecified atom stereocenters. The molecule has 0 aliphatic carbocycles. The van der Waals surface area contributed by atoms with Gasteiger partial charge >= 0.3 is 11.7 Å². The molecule has 32 heavy (non-hydrogen) atoms. The summed E-state index contributed by atoms with van der Waals surface area (Å²) in [5.41, 5.74) is -0.158. The molecular weight excluding hydrogens is 415 g/mol. The van der Waals surface area contributed by atoms with Crippen LogP contribution >= 0.6 is 0 Å². The van der Waals surface area contributed by atoms with Gasteiger partial charge in [0.05, 0.1) is 42.9 Å². The number of rotatable bonds is 5. The van der Waals surface area contributed by atoms with Crippen molar-refractivity contribution >= 4 is 16.9 Å². The summed E-state index contributed by atoms with van der Waals surface area (Å²) in [4.78, 5) is 39.1. The van der Waals surface area contributed by atoms with Crippen molar-refractivity contribution in [2.45, 2.75) is 6.54 Å². The van der Waals surface area contributed by atoms with Gasteiger partial charge in [0.15, 0.2) is 11.6 Å². The van der Waals surface area contributed by atoms with Crippen LogP contribution in [0.25, 0.3) is 16.6 Å². The first-order valence-corrected chi connectivity index (χ1v) is 9.71. The van der Waals surface area contributed by atoms with E-state index in [1.807, 2.05) is 0 Å². The Morgan fingerprint density at radius 1 is 0.969 bits per heavy atom. The van der Waals surface area contributed by atoms with Crippen LogP contribution in [0.1, 0.15) is 15.9 Å². The van der Waals surface area contributed by atoms with Crippen molar-refractivity contribution in [1.29, 1.82) is 0 Å². The third-order valence-electron chi connectivity index (χ3n) is 5.16. The minimum absolute atomic E-state index is 0.000925. The number of esters is 1. The van der Waals surface area contributed by atoms with E-state index in [2.05, 4.69) is 0 Å². The Labute approximate surface area is 181 Å². The number of halogens is 1. The molecule has 0 aliphatic rings. The first kappa shape index (κ1) is 21.0. The van der Waals surface area contributed by atoms with Crippen molar-refractivity contribution in [1.82, 2.24) is 9.13 Å². The topological polar surface area (TPSA) is 79.5 Å². The molecule has 162 valence electrons. The lowest BCUT2D eigenvalue weighted by molar-refractivity contribution is 0.0600. The first-order chi connectivity index (χ1) is 15.5. The molecule has 1 aromatic heterocycles. The van der Waals surface area contributed by atoms with Crippen LogP contribution in [0.4, 0.5) is 4.39 Å². The smallest absolute Gasteiger partial charge is 0.339 e. The standard InChI is InChI=1S/C24H19FN2O5/c1-31-21-12-11-15(13-18(21)25)14-26-19-9-5-3-7-16(19)22(28)27(24(26)30)20-10-6-4-8-17(20)23(29)32-2/h3-13H,14H2,1-2H3. The fourth-order valence-corrected chi connectivity index (χ4v) is 3.63. The van der Waals surface area contributed by atoms with E-state index in [0.717, 1.165) is 4.57 Å². The summed E-state index contributed by atoms with van der Waals surface area (Å²) in [6.07, 6.45) is 0. The van der Waals surface area contributed by atoms with Gasteiger partial charge in [-0.2, -0.15) is 0 Å². The fourth-order valence-electron chi connectivity index (χ4n) is 3.63. The van der Waals surface area contributed by atoms with E-state index in [-0.39, 0.29) is 28.9 Å². The molecule has 3 aromatic carbocycles. The average Bonchev–Trinajstić information content (AvgIpc) is 2.82. The summed E-state index contributed by atoms with van der Waals surface area (Å²) in [5, 5.41) is 0.278. The molecule has 0 amide bonds. The van der Waals surface area contributed by atoms with Gasteiger partial charge in [-0.3, -0.25) is 9.36 Å². The van der Waals surface area contributed by atoms with Crippen molar-refractivity contribution in [3.63, 3.8) is 0 Å². The number of methoxy groups -OCH3 is 2. The number of nitrogens with zero attached hydrogens (tertiary/aromatic N) is 2. The molecule has 0 atom stereocenters. The van der Waals surface area contributed by atoms with Crippen molar-refractivity contribution in [3.05, 3.63) is 105 Å². The van der Waals surface area contributed by atoms with Crippen LogP contribution in [-0.2, 0) is 11.3 Å². The van der Waals surface area contributed by atoms with Gasteiger partial charge in [0.25, 0.3) is 5.56 Å². The largest absolute Gasteiger partial charge is 0.494 e. The Morgan fingerprint density at radius 2 is 1.69 bits per heavy atom. The second kappa shape index (κ2) is 8.50. The molecule has 0 N–H and O–H groups in total. The summed E-state index contributed by atoms with van der Waals surface area (Å²) in [5.74, 6) is -1.15. The van der Waals surface area contributed by atoms with E-state index in [1.54, 1.807) is 42.5 Å². The zero-order valence-corrected chi connectivity index (χ0v) is 17.4. The SMILES string of the molecule is COC(=O)c1ccccc1-n1c(=O)c2ccccc2n(Cc2ccc(OC)c(F)c2)c1=O. The lowest BCUT2D eigenvalue weighted by Gasteiger charge is -2.16. The Kier molecular flexibility index (Phi) is 5.59. The highest BCUT2D eigenvalue weighted by atomic mass is 19.1. The van der Waals surface area contributed by atoms with Crippen LogP contribution in [0.2, 0.25) is 0 Å². The highest BCUT2D eigenvalue weighted by Gasteiger charge is 2.20. The molecule has 7 nitrogen and oxygen atoms in total. The minimum Gasteiger partial charge on any atom is -0.494 e. The Balaban J connectivity index is 2.00. The number of aromatic nitrogens is 2. The summed E-state index contributed by atoms with van der Waals surface area (Å²) in [6, 6.07) is 17.2. The molecule has 0 radical (unpaired) electrons. The first-order valence-electron chi connectivity index (χ1n) is 9.71. The van der Waals surface area contributed by atoms with E-state index < -0.39 is 23.0 Å². The normalized spacial score (nSPS) is 10.8. The monoisotopic (exact) mass is 434 g/mol. The van der Waals surface area contributed by atoms with E-state index in [9.17, 15) is 18.8 Å². The van der Waals surface area contributed by atoms with Crippen LogP contribution in [0.15, 0.2) is 76.3 Å². The van der Waals surface area contributed by atoms with Gasteiger partial charge in [-0.05, 0) is 42.0 Å². The maximum Gasteiger partial charge on any atom is 0.339 e. The van der Waals surface area contributed by atoms with Gasteiger partial charge < -0.3 is 9.47 Å². The molecule has 4 rings (SSSR count). The van der Waals surface area contributed by atoms with Crippen molar-refractivity contribution in [2.24, 2.45) is 0 Å². The molecule has 0 saturated carbocycles. The second-order valence-corrected chi connectivity index (χ2v) is 7.00. The van der Waals surface area contributed by atoms with Crippen molar-refractivity contribution in [2.75, 3.05) is 14.2 Å². The van der Waals surface area contributed by atoms with Crippen LogP contribution in [-0.4, -0.2) is 29.3 Å². The molecular formula is C24H19FN2O5. The third kappa shape index (κ3) is 3.56. The summed E-state index contributed by atoms with van der Waals surface area (Å²) < 4.78 is 26.3. The molecule has 0 fully saturated rings. The average molecular weight is 434 g/mol. The van der Waals surface area contributed by atoms with Crippen LogP contribution in [0, 0.1) is 5.82 Å². The number of para-hydroxylation sites is 2. The van der Waals surface area contributed by atoms with Crippen molar-refractivity contribution < 1.29 is 18.7 Å². The molecule has 1 heterocycles. The molecule has 8 heteroatoms. The van der Waals surface area contributed by atoms with E-state index in [1.165, 1.54) is 43.1 Å². The van der Waals surface area contributed by atoms with Crippen LogP contribution in [0.5, 0.6) is 5.75 Å². The molecule has 4 aromatic rings. The number of carbonyl (C=O) groups is 1. The molecule has 0 aliphatic heterocycles. The van der Waals surface area contributed by atoms with Gasteiger partial charge in [-0.15, -0.1) is 0 Å². The third-order valence-corrected chi connectivity index (χ3v) is 5.16. The van der Waals surface area contributed by atoms with Gasteiger partial charge in [0.2, 0.25) is 0 Å². The number of ether oxygens (including phenoxy) is 2. The van der Waals surface area contributed by atoms with Gasteiger partial charge in [-0.25, -0.2) is 18.5 Å². The maximum atomic E-state index is 14.2. The Bertz CT molecular complexity index is 1460. The van der Waals surface area contributed by atoms with Crippen LogP contribution in [0.3, 0.4) is 0 Å². The van der Waals surface area contributed by atoms with Gasteiger partial charge in [0, 0.05) is 0 Å². The Morgan fingerprint density at radius 3 is 2.41 bits per heavy atom. The second-order valence-electron chi connectivity index (χ2n) is 7.00. The predicted octanol–water partition coefficient (Wildman–Crippen LogP) is 3.14. The lowest BCUT2D eigenvalue weighted by Crippen LogP contribution is -2.40. The number of fused-ring (bicyclic) bond motifs is 1. The zero-order chi connectivity index (χ0) is 22.8. The zero-order valence-electron chi connectivity index (χ0n) is 17.4. The number of hydrogen-bond acceptors (Lipinski definition) is 5. The summed E-state index contributed by atoms with van der Waals surface area (Å²) in [7, 11) is 2.59. The Hall–Kier alpha value is -4.20. The predicted molar refractivity (Wildman–Crippen MR) is 117 cm³/mol. The fraction of sp³-hybridized carbons (Fsp3) is 0.125. The van der Waals surface area contributed by atoms with E-state index >= 15 is 0 Å². The lowest BCUT2D eigenvalue weighted by atomic mass is 10.1. The summed E-state index contributed by atoms with van der Waals surface area (Å²) in [6.45, 7) is 0.000925. The minimum atomic E-state index is -0.677. The number of benzene rings is 3. The quantitative estimate of drug-likeness (QED) is 0.451. The molecule has 0 bridgehead atoms. The molecule has 0 saturated heterocycles. The van der Waals surface area contributed by atoms with Crippen molar-refractivity contribution in [3.8, 4) is 11.4 Å². The van der Waals surface area contributed by atoms with Gasteiger partial charge in [0.1, 0.15) is 0 Å². The summed E-state index contributed by atoms with van der Waals surface area (Å²) >= 11 is 0.